The van der Waals surface area contributed by atoms with Gasteiger partial charge in [0.05, 0.1) is 5.52 Å². The number of para-hydroxylation sites is 1. The quantitative estimate of drug-likeness (QED) is 0.786. The summed E-state index contributed by atoms with van der Waals surface area (Å²) in [6.07, 6.45) is 0. The van der Waals surface area contributed by atoms with Crippen LogP contribution in [0.2, 0.25) is 0 Å². The van der Waals surface area contributed by atoms with Gasteiger partial charge >= 0.3 is 0 Å². The van der Waals surface area contributed by atoms with Crippen molar-refractivity contribution in [3.05, 3.63) is 54.1 Å². The Bertz CT molecular complexity index is 741. The Morgan fingerprint density at radius 2 is 1.80 bits per heavy atom. The fourth-order valence-corrected chi connectivity index (χ4v) is 2.02. The van der Waals surface area contributed by atoms with Gasteiger partial charge in [-0.3, -0.25) is 0 Å². The van der Waals surface area contributed by atoms with Crippen LogP contribution in [0.5, 0.6) is 0 Å². The van der Waals surface area contributed by atoms with E-state index in [2.05, 4.69) is 15.2 Å². The van der Waals surface area contributed by atoms with E-state index in [1.54, 1.807) is 0 Å². The fraction of sp³-hybridized carbons (Fsp3) is 0.133. The van der Waals surface area contributed by atoms with Crippen molar-refractivity contribution in [3.63, 3.8) is 0 Å². The van der Waals surface area contributed by atoms with Crippen molar-refractivity contribution in [1.29, 1.82) is 0 Å². The molecule has 0 bridgehead atoms. The van der Waals surface area contributed by atoms with Gasteiger partial charge in [-0.25, -0.2) is 4.98 Å². The molecule has 0 fully saturated rings. The molecule has 0 aliphatic carbocycles. The van der Waals surface area contributed by atoms with E-state index in [1.807, 2.05) is 60.5 Å². The number of hydrogen-bond acceptors (Lipinski definition) is 5. The number of nitrogens with two attached hydrogens (primary N) is 1. The normalized spacial score (nSPS) is 10.7. The van der Waals surface area contributed by atoms with Crippen molar-refractivity contribution in [3.8, 4) is 0 Å². The summed E-state index contributed by atoms with van der Waals surface area (Å²) in [5.74, 6) is 0.567. The van der Waals surface area contributed by atoms with Gasteiger partial charge in [0.25, 0.3) is 0 Å². The molecule has 3 rings (SSSR count). The highest BCUT2D eigenvalue weighted by Gasteiger charge is 2.09. The zero-order chi connectivity index (χ0) is 13.9. The fourth-order valence-electron chi connectivity index (χ4n) is 2.02. The average Bonchev–Trinajstić information content (AvgIpc) is 2.53. The summed E-state index contributed by atoms with van der Waals surface area (Å²) in [7, 11) is 1.92. The topological polar surface area (TPSA) is 67.9 Å². The van der Waals surface area contributed by atoms with Crippen molar-refractivity contribution < 1.29 is 0 Å². The molecule has 0 spiro atoms. The van der Waals surface area contributed by atoms with Crippen LogP contribution in [0.4, 0.5) is 11.6 Å². The maximum atomic E-state index is 5.67. The van der Waals surface area contributed by atoms with Crippen molar-refractivity contribution in [2.75, 3.05) is 11.9 Å². The summed E-state index contributed by atoms with van der Waals surface area (Å²) in [5, 5.41) is 8.36. The molecule has 1 heterocycles. The molecular formula is C15H15N5. The number of benzene rings is 2. The average molecular weight is 265 g/mol. The Morgan fingerprint density at radius 3 is 2.60 bits per heavy atom. The second-order valence-electron chi connectivity index (χ2n) is 4.53. The summed E-state index contributed by atoms with van der Waals surface area (Å²) in [6.45, 7) is 0.512. The van der Waals surface area contributed by atoms with E-state index in [0.717, 1.165) is 22.3 Å². The highest BCUT2D eigenvalue weighted by Crippen LogP contribution is 2.21. The second-order valence-corrected chi connectivity index (χ2v) is 4.53. The largest absolute Gasteiger partial charge is 0.326 e. The Hall–Kier alpha value is -2.53. The molecule has 0 saturated carbocycles. The molecule has 3 aromatic rings. The smallest absolute Gasteiger partial charge is 0.250 e. The monoisotopic (exact) mass is 265 g/mol. The minimum atomic E-state index is 0.512. The molecule has 1 aromatic heterocycles. The lowest BCUT2D eigenvalue weighted by Gasteiger charge is -2.17. The van der Waals surface area contributed by atoms with Gasteiger partial charge in [0.2, 0.25) is 5.95 Å². The highest BCUT2D eigenvalue weighted by atomic mass is 15.3. The minimum absolute atomic E-state index is 0.512. The van der Waals surface area contributed by atoms with E-state index in [-0.39, 0.29) is 0 Å². The number of hydrogen-bond donors (Lipinski definition) is 1. The third kappa shape index (κ3) is 2.31. The molecule has 5 heteroatoms. The first-order chi connectivity index (χ1) is 9.78. The first-order valence-corrected chi connectivity index (χ1v) is 6.40. The van der Waals surface area contributed by atoms with Gasteiger partial charge in [0.1, 0.15) is 5.52 Å². The Labute approximate surface area is 117 Å². The molecule has 0 amide bonds. The van der Waals surface area contributed by atoms with Crippen molar-refractivity contribution in [1.82, 2.24) is 15.2 Å². The van der Waals surface area contributed by atoms with E-state index in [9.17, 15) is 0 Å². The SMILES string of the molecule is CN(c1cccc(CN)c1)c1nnc2ccccc2n1. The molecule has 2 N–H and O–H groups in total. The van der Waals surface area contributed by atoms with E-state index < -0.39 is 0 Å². The molecule has 5 nitrogen and oxygen atoms in total. The third-order valence-electron chi connectivity index (χ3n) is 3.18. The standard InChI is InChI=1S/C15H15N5/c1-20(12-6-4-5-11(9-12)10-16)15-17-13-7-2-3-8-14(13)18-19-15/h2-9H,10,16H2,1H3. The molecular weight excluding hydrogens is 250 g/mol. The van der Waals surface area contributed by atoms with Crippen LogP contribution in [0.1, 0.15) is 5.56 Å². The van der Waals surface area contributed by atoms with Gasteiger partial charge in [0, 0.05) is 19.3 Å². The van der Waals surface area contributed by atoms with E-state index in [1.165, 1.54) is 0 Å². The van der Waals surface area contributed by atoms with Crippen LogP contribution in [0.3, 0.4) is 0 Å². The Balaban J connectivity index is 2.00. The maximum Gasteiger partial charge on any atom is 0.250 e. The van der Waals surface area contributed by atoms with E-state index in [4.69, 9.17) is 5.73 Å². The molecule has 0 atom stereocenters. The van der Waals surface area contributed by atoms with Crippen molar-refractivity contribution in [2.24, 2.45) is 5.73 Å². The van der Waals surface area contributed by atoms with Gasteiger partial charge < -0.3 is 10.6 Å². The lowest BCUT2D eigenvalue weighted by atomic mass is 10.2. The molecule has 0 aliphatic heterocycles. The lowest BCUT2D eigenvalue weighted by molar-refractivity contribution is 0.964. The van der Waals surface area contributed by atoms with Crippen molar-refractivity contribution in [2.45, 2.75) is 6.54 Å². The predicted molar refractivity (Wildman–Crippen MR) is 79.7 cm³/mol. The van der Waals surface area contributed by atoms with Gasteiger partial charge in [-0.15, -0.1) is 10.2 Å². The molecule has 2 aromatic carbocycles. The molecule has 100 valence electrons. The van der Waals surface area contributed by atoms with Crippen LogP contribution in [0.15, 0.2) is 48.5 Å². The predicted octanol–water partition coefficient (Wildman–Crippen LogP) is 2.25. The summed E-state index contributed by atoms with van der Waals surface area (Å²) in [5.41, 5.74) is 9.36. The Morgan fingerprint density at radius 1 is 1.00 bits per heavy atom. The summed E-state index contributed by atoms with van der Waals surface area (Å²) >= 11 is 0. The summed E-state index contributed by atoms with van der Waals surface area (Å²) in [6, 6.07) is 15.7. The number of rotatable bonds is 3. The molecule has 0 saturated heterocycles. The molecule has 20 heavy (non-hydrogen) atoms. The van der Waals surface area contributed by atoms with Gasteiger partial charge in [-0.1, -0.05) is 24.3 Å². The zero-order valence-electron chi connectivity index (χ0n) is 11.2. The number of nitrogens with zero attached hydrogens (tertiary/aromatic N) is 4. The first-order valence-electron chi connectivity index (χ1n) is 6.40. The van der Waals surface area contributed by atoms with Gasteiger partial charge in [0.15, 0.2) is 0 Å². The second kappa shape index (κ2) is 5.22. The summed E-state index contributed by atoms with van der Waals surface area (Å²) < 4.78 is 0. The zero-order valence-corrected chi connectivity index (χ0v) is 11.2. The molecule has 0 aliphatic rings. The third-order valence-corrected chi connectivity index (χ3v) is 3.18. The van der Waals surface area contributed by atoms with Gasteiger partial charge in [-0.05, 0) is 29.8 Å². The lowest BCUT2D eigenvalue weighted by Crippen LogP contribution is -2.14. The highest BCUT2D eigenvalue weighted by molar-refractivity contribution is 5.74. The van der Waals surface area contributed by atoms with Crippen LogP contribution in [0.25, 0.3) is 11.0 Å². The van der Waals surface area contributed by atoms with Crippen molar-refractivity contribution >= 4 is 22.7 Å². The van der Waals surface area contributed by atoms with Crippen LogP contribution in [0, 0.1) is 0 Å². The number of fused-ring (bicyclic) bond motifs is 1. The maximum absolute atomic E-state index is 5.67. The number of aromatic nitrogens is 3. The van der Waals surface area contributed by atoms with Crippen LogP contribution in [-0.2, 0) is 6.54 Å². The van der Waals surface area contributed by atoms with Crippen LogP contribution >= 0.6 is 0 Å². The molecule has 0 radical (unpaired) electrons. The Kier molecular flexibility index (Phi) is 3.26. The van der Waals surface area contributed by atoms with Crippen LogP contribution in [-0.4, -0.2) is 22.2 Å². The van der Waals surface area contributed by atoms with Crippen LogP contribution < -0.4 is 10.6 Å². The number of anilines is 2. The van der Waals surface area contributed by atoms with E-state index >= 15 is 0 Å². The minimum Gasteiger partial charge on any atom is -0.326 e. The summed E-state index contributed by atoms with van der Waals surface area (Å²) in [4.78, 5) is 6.43. The van der Waals surface area contributed by atoms with Gasteiger partial charge in [-0.2, -0.15) is 0 Å². The first kappa shape index (κ1) is 12.5. The molecule has 0 unspecified atom stereocenters. The van der Waals surface area contributed by atoms with E-state index in [0.29, 0.717) is 12.5 Å².